The van der Waals surface area contributed by atoms with E-state index >= 15 is 0 Å². The molecule has 0 bridgehead atoms. The van der Waals surface area contributed by atoms with E-state index < -0.39 is 0 Å². The van der Waals surface area contributed by atoms with Crippen molar-refractivity contribution in [2.75, 3.05) is 12.4 Å². The van der Waals surface area contributed by atoms with Gasteiger partial charge in [-0.15, -0.1) is 11.3 Å². The molecule has 0 saturated carbocycles. The molecule has 0 aliphatic heterocycles. The number of Topliss-reactive ketones (excluding diaryl/α,β-unsaturated/α-hetero) is 1. The van der Waals surface area contributed by atoms with Crippen LogP contribution >= 0.6 is 11.3 Å². The zero-order chi connectivity index (χ0) is 21.8. The van der Waals surface area contributed by atoms with Gasteiger partial charge in [0.15, 0.2) is 5.78 Å². The first-order valence-corrected chi connectivity index (χ1v) is 10.7. The lowest BCUT2D eigenvalue weighted by atomic mass is 10.0. The van der Waals surface area contributed by atoms with Crippen molar-refractivity contribution in [3.05, 3.63) is 88.4 Å². The largest absolute Gasteiger partial charge is 0.496 e. The van der Waals surface area contributed by atoms with Crippen molar-refractivity contribution in [1.82, 2.24) is 4.98 Å². The van der Waals surface area contributed by atoms with E-state index in [1.807, 2.05) is 42.5 Å². The highest BCUT2D eigenvalue weighted by Gasteiger charge is 2.12. The van der Waals surface area contributed by atoms with Gasteiger partial charge in [0.25, 0.3) is 0 Å². The number of amides is 1. The molecule has 0 saturated heterocycles. The van der Waals surface area contributed by atoms with Crippen molar-refractivity contribution in [3.8, 4) is 5.75 Å². The Kier molecular flexibility index (Phi) is 6.09. The van der Waals surface area contributed by atoms with Crippen molar-refractivity contribution in [3.63, 3.8) is 0 Å². The number of ether oxygens (including phenoxy) is 1. The molecule has 4 rings (SSSR count). The highest BCUT2D eigenvalue weighted by Crippen LogP contribution is 2.24. The fourth-order valence-corrected chi connectivity index (χ4v) is 4.39. The van der Waals surface area contributed by atoms with Crippen LogP contribution in [0.25, 0.3) is 10.2 Å². The van der Waals surface area contributed by atoms with Crippen LogP contribution in [0.2, 0.25) is 0 Å². The number of fused-ring (bicyclic) bond motifs is 1. The van der Waals surface area contributed by atoms with Crippen LogP contribution < -0.4 is 10.1 Å². The summed E-state index contributed by atoms with van der Waals surface area (Å²) in [5, 5.41) is 3.98. The molecule has 0 spiro atoms. The maximum atomic E-state index is 12.5. The molecular formula is C25H22N2O3S. The quantitative estimate of drug-likeness (QED) is 0.405. The van der Waals surface area contributed by atoms with Crippen molar-refractivity contribution < 1.29 is 14.3 Å². The summed E-state index contributed by atoms with van der Waals surface area (Å²) in [5.41, 5.74) is 4.12. The number of methoxy groups -OCH3 is 1. The van der Waals surface area contributed by atoms with Gasteiger partial charge in [-0.25, -0.2) is 4.98 Å². The van der Waals surface area contributed by atoms with E-state index in [-0.39, 0.29) is 18.1 Å². The van der Waals surface area contributed by atoms with Gasteiger partial charge in [0.2, 0.25) is 5.91 Å². The van der Waals surface area contributed by atoms with Crippen molar-refractivity contribution in [2.45, 2.75) is 19.8 Å². The Labute approximate surface area is 184 Å². The Hall–Kier alpha value is -3.51. The topological polar surface area (TPSA) is 68.3 Å². The lowest BCUT2D eigenvalue weighted by Crippen LogP contribution is -2.15. The summed E-state index contributed by atoms with van der Waals surface area (Å²) >= 11 is 1.70. The smallest absolute Gasteiger partial charge is 0.228 e. The number of hydrogen-bond acceptors (Lipinski definition) is 5. The van der Waals surface area contributed by atoms with Gasteiger partial charge in [-0.1, -0.05) is 24.3 Å². The Morgan fingerprint density at radius 3 is 2.52 bits per heavy atom. The van der Waals surface area contributed by atoms with E-state index in [0.717, 1.165) is 28.2 Å². The number of nitrogens with one attached hydrogen (secondary N) is 1. The Morgan fingerprint density at radius 2 is 1.81 bits per heavy atom. The minimum absolute atomic E-state index is 0.0481. The molecule has 4 aromatic rings. The summed E-state index contributed by atoms with van der Waals surface area (Å²) in [6, 6.07) is 21.0. The van der Waals surface area contributed by atoms with Gasteiger partial charge in [0.05, 0.1) is 28.8 Å². The molecule has 1 heterocycles. The molecule has 5 nitrogen and oxygen atoms in total. The predicted molar refractivity (Wildman–Crippen MR) is 124 cm³/mol. The summed E-state index contributed by atoms with van der Waals surface area (Å²) in [4.78, 5) is 28.9. The number of rotatable bonds is 7. The minimum Gasteiger partial charge on any atom is -0.496 e. The average Bonchev–Trinajstić information content (AvgIpc) is 3.17. The molecule has 31 heavy (non-hydrogen) atoms. The van der Waals surface area contributed by atoms with Crippen LogP contribution in [0.15, 0.2) is 66.7 Å². The molecule has 0 fully saturated rings. The molecule has 0 unspecified atom stereocenters. The first-order chi connectivity index (χ1) is 15.0. The Morgan fingerprint density at radius 1 is 1.03 bits per heavy atom. The summed E-state index contributed by atoms with van der Waals surface area (Å²) in [6.07, 6.45) is 0.875. The van der Waals surface area contributed by atoms with E-state index in [0.29, 0.717) is 16.9 Å². The fourth-order valence-electron chi connectivity index (χ4n) is 3.39. The number of aromatic nitrogens is 1. The van der Waals surface area contributed by atoms with Crippen LogP contribution in [0, 0.1) is 0 Å². The number of carbonyl (C=O) groups is 2. The Bertz CT molecular complexity index is 1210. The van der Waals surface area contributed by atoms with Gasteiger partial charge in [-0.3, -0.25) is 9.59 Å². The lowest BCUT2D eigenvalue weighted by Gasteiger charge is -2.11. The van der Waals surface area contributed by atoms with Crippen molar-refractivity contribution in [1.29, 1.82) is 0 Å². The maximum absolute atomic E-state index is 12.5. The van der Waals surface area contributed by atoms with Gasteiger partial charge in [0.1, 0.15) is 5.75 Å². The molecule has 1 aromatic heterocycles. The molecule has 0 atom stereocenters. The second-order valence-corrected chi connectivity index (χ2v) is 8.37. The molecule has 0 aliphatic rings. The van der Waals surface area contributed by atoms with E-state index in [9.17, 15) is 9.59 Å². The monoisotopic (exact) mass is 430 g/mol. The third kappa shape index (κ3) is 4.98. The molecule has 0 radical (unpaired) electrons. The number of para-hydroxylation sites is 1. The van der Waals surface area contributed by atoms with E-state index in [2.05, 4.69) is 16.4 Å². The highest BCUT2D eigenvalue weighted by molar-refractivity contribution is 7.18. The van der Waals surface area contributed by atoms with Crippen molar-refractivity contribution in [2.24, 2.45) is 0 Å². The number of ketones is 1. The number of anilines is 1. The SMILES string of the molecule is COc1ccc(C(C)=O)cc1CC(=O)Nc1ccc(Cc2nc3ccccc3s2)cc1. The van der Waals surface area contributed by atoms with Crippen LogP contribution in [0.5, 0.6) is 5.75 Å². The number of nitrogens with zero attached hydrogens (tertiary/aromatic N) is 1. The van der Waals surface area contributed by atoms with Crippen LogP contribution in [-0.4, -0.2) is 23.8 Å². The highest BCUT2D eigenvalue weighted by atomic mass is 32.1. The fraction of sp³-hybridized carbons (Fsp3) is 0.160. The van der Waals surface area contributed by atoms with Gasteiger partial charge in [-0.2, -0.15) is 0 Å². The van der Waals surface area contributed by atoms with Gasteiger partial charge in [0, 0.05) is 23.2 Å². The van der Waals surface area contributed by atoms with E-state index in [1.54, 1.807) is 36.6 Å². The van der Waals surface area contributed by atoms with Crippen LogP contribution in [0.1, 0.15) is 33.4 Å². The summed E-state index contributed by atoms with van der Waals surface area (Å²) in [6.45, 7) is 1.50. The summed E-state index contributed by atoms with van der Waals surface area (Å²) < 4.78 is 6.51. The molecule has 156 valence electrons. The second kappa shape index (κ2) is 9.10. The van der Waals surface area contributed by atoms with E-state index in [4.69, 9.17) is 4.74 Å². The van der Waals surface area contributed by atoms with Crippen LogP contribution in [0.3, 0.4) is 0 Å². The average molecular weight is 431 g/mol. The third-order valence-corrected chi connectivity index (χ3v) is 6.01. The normalized spacial score (nSPS) is 10.8. The summed E-state index contributed by atoms with van der Waals surface area (Å²) in [7, 11) is 1.55. The first kappa shape index (κ1) is 20.8. The molecule has 0 aliphatic carbocycles. The number of hydrogen-bond donors (Lipinski definition) is 1. The third-order valence-electron chi connectivity index (χ3n) is 4.97. The van der Waals surface area contributed by atoms with Crippen LogP contribution in [-0.2, 0) is 17.6 Å². The van der Waals surface area contributed by atoms with E-state index in [1.165, 1.54) is 11.6 Å². The minimum atomic E-state index is -0.169. The Balaban J connectivity index is 1.41. The molecule has 3 aromatic carbocycles. The maximum Gasteiger partial charge on any atom is 0.228 e. The van der Waals surface area contributed by atoms with Gasteiger partial charge in [-0.05, 0) is 55.0 Å². The zero-order valence-corrected chi connectivity index (χ0v) is 18.2. The lowest BCUT2D eigenvalue weighted by molar-refractivity contribution is -0.115. The molecule has 1 amide bonds. The molecule has 6 heteroatoms. The van der Waals surface area contributed by atoms with Gasteiger partial charge < -0.3 is 10.1 Å². The zero-order valence-electron chi connectivity index (χ0n) is 17.3. The number of carbonyl (C=O) groups excluding carboxylic acids is 2. The molecular weight excluding hydrogens is 408 g/mol. The molecule has 1 N–H and O–H groups in total. The number of thiazole rings is 1. The second-order valence-electron chi connectivity index (χ2n) is 7.26. The number of benzene rings is 3. The van der Waals surface area contributed by atoms with Crippen LogP contribution in [0.4, 0.5) is 5.69 Å². The summed E-state index contributed by atoms with van der Waals surface area (Å²) in [5.74, 6) is 0.372. The predicted octanol–water partition coefficient (Wildman–Crippen LogP) is 5.28. The van der Waals surface area contributed by atoms with Crippen molar-refractivity contribution >= 4 is 38.9 Å². The first-order valence-electron chi connectivity index (χ1n) is 9.93. The van der Waals surface area contributed by atoms with Gasteiger partial charge >= 0.3 is 0 Å². The standard InChI is InChI=1S/C25H22N2O3S/c1-16(28)18-9-12-22(30-2)19(14-18)15-24(29)26-20-10-7-17(8-11-20)13-25-27-21-5-3-4-6-23(21)31-25/h3-12,14H,13,15H2,1-2H3,(H,26,29).